The first-order valence-corrected chi connectivity index (χ1v) is 10.1. The Balaban J connectivity index is 1.27. The number of amides is 1. The van der Waals surface area contributed by atoms with E-state index in [1.54, 1.807) is 18.3 Å². The molecule has 2 N–H and O–H groups in total. The summed E-state index contributed by atoms with van der Waals surface area (Å²) < 4.78 is 5.75. The topological polar surface area (TPSA) is 85.9 Å². The second-order valence-corrected chi connectivity index (χ2v) is 8.66. The Hall–Kier alpha value is -1.86. The van der Waals surface area contributed by atoms with Gasteiger partial charge in [-0.05, 0) is 43.2 Å². The van der Waals surface area contributed by atoms with Crippen LogP contribution in [0.15, 0.2) is 18.3 Å². The molecule has 0 aliphatic carbocycles. The molecule has 27 heavy (non-hydrogen) atoms. The number of aliphatic hydroxyl groups excluding tert-OH is 1. The van der Waals surface area contributed by atoms with E-state index < -0.39 is 6.10 Å². The quantitative estimate of drug-likeness (QED) is 0.756. The second kappa shape index (κ2) is 6.63. The fourth-order valence-corrected chi connectivity index (χ4v) is 5.83. The van der Waals surface area contributed by atoms with Crippen molar-refractivity contribution in [2.24, 2.45) is 11.8 Å². The maximum Gasteiger partial charge on any atom is 0.355 e. The van der Waals surface area contributed by atoms with Gasteiger partial charge >= 0.3 is 5.97 Å². The van der Waals surface area contributed by atoms with Crippen molar-refractivity contribution in [3.8, 4) is 0 Å². The molecule has 0 unspecified atom stereocenters. The molecule has 0 saturated carbocycles. The first-order chi connectivity index (χ1) is 13.1. The van der Waals surface area contributed by atoms with Crippen LogP contribution in [0, 0.1) is 11.8 Å². The van der Waals surface area contributed by atoms with Crippen molar-refractivity contribution in [2.45, 2.75) is 56.4 Å². The number of hydrogen-bond acceptors (Lipinski definition) is 5. The van der Waals surface area contributed by atoms with E-state index in [9.17, 15) is 14.7 Å². The molecule has 5 heterocycles. The highest BCUT2D eigenvalue weighted by Gasteiger charge is 2.50. The van der Waals surface area contributed by atoms with Crippen molar-refractivity contribution in [1.82, 2.24) is 14.8 Å². The van der Waals surface area contributed by atoms with E-state index in [1.807, 2.05) is 4.90 Å². The molecule has 7 heteroatoms. The van der Waals surface area contributed by atoms with Gasteiger partial charge in [-0.1, -0.05) is 0 Å². The van der Waals surface area contributed by atoms with Gasteiger partial charge in [-0.2, -0.15) is 0 Å². The van der Waals surface area contributed by atoms with Crippen molar-refractivity contribution in [1.29, 1.82) is 0 Å². The van der Waals surface area contributed by atoms with Gasteiger partial charge in [-0.3, -0.25) is 9.69 Å². The summed E-state index contributed by atoms with van der Waals surface area (Å²) in [6.07, 6.45) is 4.99. The fourth-order valence-electron chi connectivity index (χ4n) is 5.83. The Morgan fingerprint density at radius 3 is 2.85 bits per heavy atom. The Morgan fingerprint density at radius 1 is 1.19 bits per heavy atom. The van der Waals surface area contributed by atoms with Crippen LogP contribution in [-0.2, 0) is 9.53 Å². The standard InChI is InChI=1S/C20H27N3O4/c24-14-7-18-12-6-13(11-23(18)19(25)8-14)17-9-15(3-5-22(17)10-12)27-20(26)16-2-1-4-21-16/h1-2,4,12-15,17-18,21,24H,3,5-11H2/t12-,13-,14+,15+,17+,18-/m1/s1. The van der Waals surface area contributed by atoms with Crippen LogP contribution in [-0.4, -0.2) is 75.7 Å². The predicted octanol–water partition coefficient (Wildman–Crippen LogP) is 1.01. The number of aromatic nitrogens is 1. The molecule has 2 bridgehead atoms. The van der Waals surface area contributed by atoms with Crippen molar-refractivity contribution in [2.75, 3.05) is 19.6 Å². The third kappa shape index (κ3) is 3.06. The van der Waals surface area contributed by atoms with Gasteiger partial charge in [0.15, 0.2) is 0 Å². The summed E-state index contributed by atoms with van der Waals surface area (Å²) in [7, 11) is 0. The number of nitrogens with one attached hydrogen (secondary N) is 1. The van der Waals surface area contributed by atoms with E-state index in [0.29, 0.717) is 23.6 Å². The molecule has 0 spiro atoms. The lowest BCUT2D eigenvalue weighted by Crippen LogP contribution is -2.66. The molecule has 4 saturated heterocycles. The number of esters is 1. The summed E-state index contributed by atoms with van der Waals surface area (Å²) >= 11 is 0. The number of carbonyl (C=O) groups is 2. The number of aromatic amines is 1. The Kier molecular flexibility index (Phi) is 4.24. The summed E-state index contributed by atoms with van der Waals surface area (Å²) in [6.45, 7) is 2.70. The van der Waals surface area contributed by atoms with Crippen molar-refractivity contribution in [3.63, 3.8) is 0 Å². The summed E-state index contributed by atoms with van der Waals surface area (Å²) in [5, 5.41) is 10.0. The molecule has 0 radical (unpaired) electrons. The van der Waals surface area contributed by atoms with Gasteiger partial charge in [-0.15, -0.1) is 0 Å². The lowest BCUT2D eigenvalue weighted by atomic mass is 9.70. The molecule has 1 aromatic rings. The van der Waals surface area contributed by atoms with Crippen LogP contribution in [0.4, 0.5) is 0 Å². The highest BCUT2D eigenvalue weighted by molar-refractivity contribution is 5.87. The van der Waals surface area contributed by atoms with E-state index in [0.717, 1.165) is 45.3 Å². The molecule has 5 rings (SSSR count). The van der Waals surface area contributed by atoms with E-state index in [1.165, 1.54) is 0 Å². The number of rotatable bonds is 2. The molecule has 1 amide bonds. The SMILES string of the molecule is O=C(O[C@H]1CCN2C[C@H]3C[C@H](CN4C(=O)C[C@@H](O)C[C@H]34)[C@@H]2C1)c1ccc[nH]1. The van der Waals surface area contributed by atoms with E-state index in [2.05, 4.69) is 9.88 Å². The van der Waals surface area contributed by atoms with Crippen molar-refractivity contribution in [3.05, 3.63) is 24.0 Å². The predicted molar refractivity (Wildman–Crippen MR) is 96.9 cm³/mol. The Bertz CT molecular complexity index is 721. The number of H-pyrrole nitrogens is 1. The van der Waals surface area contributed by atoms with Crippen molar-refractivity contribution >= 4 is 11.9 Å². The number of aliphatic hydroxyl groups is 1. The third-order valence-electron chi connectivity index (χ3n) is 7.04. The number of ether oxygens (including phenoxy) is 1. The van der Waals surface area contributed by atoms with Gasteiger partial charge in [0.05, 0.1) is 12.5 Å². The smallest absolute Gasteiger partial charge is 0.355 e. The zero-order chi connectivity index (χ0) is 18.5. The molecule has 146 valence electrons. The number of piperidine rings is 4. The normalized spacial score (nSPS) is 38.9. The largest absolute Gasteiger partial charge is 0.458 e. The van der Waals surface area contributed by atoms with Crippen LogP contribution in [0.1, 0.15) is 42.6 Å². The summed E-state index contributed by atoms with van der Waals surface area (Å²) in [5.74, 6) is 0.714. The minimum atomic E-state index is -0.480. The van der Waals surface area contributed by atoms with Crippen LogP contribution >= 0.6 is 0 Å². The lowest BCUT2D eigenvalue weighted by Gasteiger charge is -2.57. The van der Waals surface area contributed by atoms with Crippen LogP contribution in [0.2, 0.25) is 0 Å². The zero-order valence-corrected chi connectivity index (χ0v) is 15.4. The van der Waals surface area contributed by atoms with Gasteiger partial charge in [0.1, 0.15) is 11.8 Å². The molecule has 1 aromatic heterocycles. The Morgan fingerprint density at radius 2 is 2.04 bits per heavy atom. The van der Waals surface area contributed by atoms with Crippen LogP contribution < -0.4 is 0 Å². The summed E-state index contributed by atoms with van der Waals surface area (Å²) in [6, 6.07) is 4.10. The van der Waals surface area contributed by atoms with Crippen LogP contribution in [0.3, 0.4) is 0 Å². The van der Waals surface area contributed by atoms with Crippen LogP contribution in [0.25, 0.3) is 0 Å². The number of nitrogens with zero attached hydrogens (tertiary/aromatic N) is 2. The first kappa shape index (κ1) is 17.3. The summed E-state index contributed by atoms with van der Waals surface area (Å²) in [5.41, 5.74) is 0.499. The van der Waals surface area contributed by atoms with E-state index in [-0.39, 0.29) is 30.4 Å². The Labute approximate surface area is 158 Å². The third-order valence-corrected chi connectivity index (χ3v) is 7.04. The van der Waals surface area contributed by atoms with Gasteiger partial charge in [0, 0.05) is 44.3 Å². The maximum atomic E-state index is 12.5. The average Bonchev–Trinajstić information content (AvgIpc) is 3.18. The molecule has 6 atom stereocenters. The highest BCUT2D eigenvalue weighted by Crippen LogP contribution is 2.43. The molecule has 4 aliphatic heterocycles. The average molecular weight is 373 g/mol. The van der Waals surface area contributed by atoms with Gasteiger partial charge in [0.2, 0.25) is 5.91 Å². The minimum absolute atomic E-state index is 0.0600. The van der Waals surface area contributed by atoms with Gasteiger partial charge < -0.3 is 19.7 Å². The number of hydrogen-bond donors (Lipinski definition) is 2. The fraction of sp³-hybridized carbons (Fsp3) is 0.700. The van der Waals surface area contributed by atoms with Crippen molar-refractivity contribution < 1.29 is 19.4 Å². The first-order valence-electron chi connectivity index (χ1n) is 10.1. The zero-order valence-electron chi connectivity index (χ0n) is 15.4. The molecule has 4 aliphatic rings. The maximum absolute atomic E-state index is 12.5. The molecule has 7 nitrogen and oxygen atoms in total. The van der Waals surface area contributed by atoms with Gasteiger partial charge in [0.25, 0.3) is 0 Å². The van der Waals surface area contributed by atoms with Gasteiger partial charge in [-0.25, -0.2) is 4.79 Å². The van der Waals surface area contributed by atoms with Crippen LogP contribution in [0.5, 0.6) is 0 Å². The molecule has 0 aromatic carbocycles. The second-order valence-electron chi connectivity index (χ2n) is 8.66. The molecular weight excluding hydrogens is 346 g/mol. The molecule has 4 fully saturated rings. The number of carbonyl (C=O) groups excluding carboxylic acids is 2. The highest BCUT2D eigenvalue weighted by atomic mass is 16.5. The number of fused-ring (bicyclic) bond motifs is 6. The monoisotopic (exact) mass is 373 g/mol. The minimum Gasteiger partial charge on any atom is -0.458 e. The lowest BCUT2D eigenvalue weighted by molar-refractivity contribution is -0.156. The van der Waals surface area contributed by atoms with E-state index in [4.69, 9.17) is 4.74 Å². The summed E-state index contributed by atoms with van der Waals surface area (Å²) in [4.78, 5) is 32.2. The van der Waals surface area contributed by atoms with E-state index >= 15 is 0 Å². The molecular formula is C20H27N3O4.